The van der Waals surface area contributed by atoms with Crippen LogP contribution in [-0.2, 0) is 11.3 Å². The summed E-state index contributed by atoms with van der Waals surface area (Å²) >= 11 is 1.32. The summed E-state index contributed by atoms with van der Waals surface area (Å²) in [6, 6.07) is 1.33. The minimum Gasteiger partial charge on any atom is -0.454 e. The van der Waals surface area contributed by atoms with Gasteiger partial charge in [0.05, 0.1) is 5.69 Å². The van der Waals surface area contributed by atoms with Gasteiger partial charge in [-0.25, -0.2) is 9.78 Å². The normalized spacial score (nSPS) is 11.0. The smallest absolute Gasteiger partial charge is 0.355 e. The fraction of sp³-hybridized carbons (Fsp3) is 0.250. The fourth-order valence-corrected chi connectivity index (χ4v) is 3.39. The lowest BCUT2D eigenvalue weighted by Gasteiger charge is -2.04. The van der Waals surface area contributed by atoms with Crippen molar-refractivity contribution in [2.75, 3.05) is 0 Å². The number of H-pyrrole nitrogens is 1. The summed E-state index contributed by atoms with van der Waals surface area (Å²) in [6.45, 7) is 4.76. The molecule has 0 aliphatic carbocycles. The van der Waals surface area contributed by atoms with E-state index in [1.807, 2.05) is 0 Å². The van der Waals surface area contributed by atoms with Crippen molar-refractivity contribution in [3.63, 3.8) is 0 Å². The summed E-state index contributed by atoms with van der Waals surface area (Å²) in [5, 5.41) is 1.76. The fourth-order valence-electron chi connectivity index (χ4n) is 2.66. The standard InChI is InChI=1S/C16H15N3O4S/c1-8-13(10(3)20)9(2)17-14(8)15(22)23-7-11-6-12(21)19-4-5-24-16(19)18-11/h4-6,17H,7H2,1-3H3. The SMILES string of the molecule is CC(=O)c1c(C)[nH]c(C(=O)OCc2cc(=O)n3ccsc3n2)c1C. The Hall–Kier alpha value is -2.74. The first-order valence-corrected chi connectivity index (χ1v) is 8.09. The van der Waals surface area contributed by atoms with Crippen molar-refractivity contribution in [3.8, 4) is 0 Å². The second-order valence-electron chi connectivity index (χ2n) is 5.40. The molecule has 1 N–H and O–H groups in total. The molecule has 0 fully saturated rings. The Morgan fingerprint density at radius 2 is 2.12 bits per heavy atom. The molecule has 0 aliphatic heterocycles. The first kappa shape index (κ1) is 16.1. The molecule has 0 atom stereocenters. The number of ketones is 1. The molecule has 0 saturated carbocycles. The summed E-state index contributed by atoms with van der Waals surface area (Å²) in [6.07, 6.45) is 1.64. The van der Waals surface area contributed by atoms with E-state index in [1.54, 1.807) is 25.4 Å². The second-order valence-corrected chi connectivity index (χ2v) is 6.27. The number of carbonyl (C=O) groups excluding carboxylic acids is 2. The third kappa shape index (κ3) is 2.76. The number of hydrogen-bond donors (Lipinski definition) is 1. The van der Waals surface area contributed by atoms with E-state index >= 15 is 0 Å². The van der Waals surface area contributed by atoms with Gasteiger partial charge in [0, 0.05) is 28.9 Å². The van der Waals surface area contributed by atoms with E-state index in [-0.39, 0.29) is 23.6 Å². The number of ether oxygens (including phenoxy) is 1. The van der Waals surface area contributed by atoms with Crippen LogP contribution >= 0.6 is 11.3 Å². The molecule has 0 aromatic carbocycles. The highest BCUT2D eigenvalue weighted by atomic mass is 32.1. The molecule has 0 aliphatic rings. The van der Waals surface area contributed by atoms with E-state index in [9.17, 15) is 14.4 Å². The molecule has 8 heteroatoms. The van der Waals surface area contributed by atoms with E-state index < -0.39 is 5.97 Å². The molecule has 124 valence electrons. The van der Waals surface area contributed by atoms with Crippen LogP contribution in [0.2, 0.25) is 0 Å². The van der Waals surface area contributed by atoms with Gasteiger partial charge < -0.3 is 9.72 Å². The number of aryl methyl sites for hydroxylation is 1. The number of aromatic amines is 1. The van der Waals surface area contributed by atoms with Crippen LogP contribution in [0.25, 0.3) is 4.96 Å². The Kier molecular flexibility index (Phi) is 4.06. The van der Waals surface area contributed by atoms with Gasteiger partial charge in [0.1, 0.15) is 12.3 Å². The van der Waals surface area contributed by atoms with Crippen LogP contribution in [0, 0.1) is 13.8 Å². The third-order valence-electron chi connectivity index (χ3n) is 3.70. The number of nitrogens with one attached hydrogen (secondary N) is 1. The van der Waals surface area contributed by atoms with E-state index in [1.165, 1.54) is 28.7 Å². The van der Waals surface area contributed by atoms with Crippen LogP contribution in [0.5, 0.6) is 0 Å². The molecule has 3 rings (SSSR count). The number of fused-ring (bicyclic) bond motifs is 1. The quantitative estimate of drug-likeness (QED) is 0.578. The molecule has 0 radical (unpaired) electrons. The summed E-state index contributed by atoms with van der Waals surface area (Å²) in [7, 11) is 0. The maximum Gasteiger partial charge on any atom is 0.355 e. The predicted molar refractivity (Wildman–Crippen MR) is 88.7 cm³/mol. The largest absolute Gasteiger partial charge is 0.454 e. The lowest BCUT2D eigenvalue weighted by atomic mass is 10.1. The summed E-state index contributed by atoms with van der Waals surface area (Å²) in [5.74, 6) is -0.700. The highest BCUT2D eigenvalue weighted by Gasteiger charge is 2.21. The van der Waals surface area contributed by atoms with E-state index in [2.05, 4.69) is 9.97 Å². The van der Waals surface area contributed by atoms with Gasteiger partial charge in [0.15, 0.2) is 10.7 Å². The first-order valence-electron chi connectivity index (χ1n) is 7.21. The Labute approximate surface area is 140 Å². The van der Waals surface area contributed by atoms with E-state index in [0.29, 0.717) is 27.5 Å². The van der Waals surface area contributed by atoms with Crippen LogP contribution in [-0.4, -0.2) is 26.1 Å². The van der Waals surface area contributed by atoms with Crippen molar-refractivity contribution < 1.29 is 14.3 Å². The summed E-state index contributed by atoms with van der Waals surface area (Å²) in [4.78, 5) is 43.5. The number of esters is 1. The molecule has 24 heavy (non-hydrogen) atoms. The molecular weight excluding hydrogens is 330 g/mol. The maximum absolute atomic E-state index is 12.3. The van der Waals surface area contributed by atoms with Gasteiger partial charge in [0.25, 0.3) is 5.56 Å². The van der Waals surface area contributed by atoms with Crippen molar-refractivity contribution in [1.82, 2.24) is 14.4 Å². The van der Waals surface area contributed by atoms with Crippen LogP contribution < -0.4 is 5.56 Å². The molecule has 3 aromatic rings. The van der Waals surface area contributed by atoms with Gasteiger partial charge in [0.2, 0.25) is 0 Å². The van der Waals surface area contributed by atoms with Crippen molar-refractivity contribution in [2.45, 2.75) is 27.4 Å². The molecule has 0 saturated heterocycles. The first-order chi connectivity index (χ1) is 11.4. The van der Waals surface area contributed by atoms with Gasteiger partial charge in [-0.15, -0.1) is 11.3 Å². The average molecular weight is 345 g/mol. The number of thiazole rings is 1. The van der Waals surface area contributed by atoms with Gasteiger partial charge in [-0.3, -0.25) is 14.0 Å². The zero-order valence-corrected chi connectivity index (χ0v) is 14.2. The van der Waals surface area contributed by atoms with Crippen LogP contribution in [0.1, 0.15) is 44.7 Å². The monoisotopic (exact) mass is 345 g/mol. The molecular formula is C16H15N3O4S. The van der Waals surface area contributed by atoms with Gasteiger partial charge >= 0.3 is 5.97 Å². The van der Waals surface area contributed by atoms with Gasteiger partial charge in [-0.1, -0.05) is 0 Å². The second kappa shape index (κ2) is 6.04. The van der Waals surface area contributed by atoms with E-state index in [4.69, 9.17) is 4.74 Å². The average Bonchev–Trinajstić information content (AvgIpc) is 3.09. The Morgan fingerprint density at radius 3 is 2.79 bits per heavy atom. The number of nitrogens with zero attached hydrogens (tertiary/aromatic N) is 2. The van der Waals surface area contributed by atoms with Crippen molar-refractivity contribution in [3.05, 3.63) is 56.2 Å². The molecule has 0 unspecified atom stereocenters. The lowest BCUT2D eigenvalue weighted by Crippen LogP contribution is -2.15. The zero-order valence-electron chi connectivity index (χ0n) is 13.4. The number of aromatic nitrogens is 3. The van der Waals surface area contributed by atoms with Crippen molar-refractivity contribution >= 4 is 28.1 Å². The minimum absolute atomic E-state index is 0.113. The van der Waals surface area contributed by atoms with Crippen LogP contribution in [0.3, 0.4) is 0 Å². The van der Waals surface area contributed by atoms with Gasteiger partial charge in [-0.05, 0) is 26.3 Å². The van der Waals surface area contributed by atoms with Gasteiger partial charge in [-0.2, -0.15) is 0 Å². The zero-order chi connectivity index (χ0) is 17.4. The molecule has 3 heterocycles. The number of Topliss-reactive ketones (excluding diaryl/α,β-unsaturated/α-hetero) is 1. The number of hydrogen-bond acceptors (Lipinski definition) is 6. The number of rotatable bonds is 4. The molecule has 0 spiro atoms. The third-order valence-corrected chi connectivity index (χ3v) is 4.46. The summed E-state index contributed by atoms with van der Waals surface area (Å²) in [5.41, 5.74) is 2.08. The molecule has 0 bridgehead atoms. The Morgan fingerprint density at radius 1 is 1.38 bits per heavy atom. The summed E-state index contributed by atoms with van der Waals surface area (Å²) < 4.78 is 6.66. The molecule has 0 amide bonds. The molecule has 7 nitrogen and oxygen atoms in total. The Bertz CT molecular complexity index is 1010. The highest BCUT2D eigenvalue weighted by molar-refractivity contribution is 7.15. The lowest BCUT2D eigenvalue weighted by molar-refractivity contribution is 0.0460. The molecule has 3 aromatic heterocycles. The van der Waals surface area contributed by atoms with Crippen LogP contribution in [0.4, 0.5) is 0 Å². The minimum atomic E-state index is -0.587. The Balaban J connectivity index is 1.81. The predicted octanol–water partition coefficient (Wildman–Crippen LogP) is 2.26. The topological polar surface area (TPSA) is 93.5 Å². The van der Waals surface area contributed by atoms with E-state index in [0.717, 1.165) is 0 Å². The van der Waals surface area contributed by atoms with Crippen LogP contribution in [0.15, 0.2) is 22.4 Å². The maximum atomic E-state index is 12.3. The van der Waals surface area contributed by atoms with Crippen molar-refractivity contribution in [1.29, 1.82) is 0 Å². The highest BCUT2D eigenvalue weighted by Crippen LogP contribution is 2.19. The van der Waals surface area contributed by atoms with Crippen molar-refractivity contribution in [2.24, 2.45) is 0 Å². The number of carbonyl (C=O) groups is 2.